The van der Waals surface area contributed by atoms with E-state index >= 15 is 0 Å². The van der Waals surface area contributed by atoms with E-state index in [2.05, 4.69) is 10.1 Å². The Labute approximate surface area is 104 Å². The van der Waals surface area contributed by atoms with Gasteiger partial charge >= 0.3 is 5.97 Å². The first kappa shape index (κ1) is 12.2. The van der Waals surface area contributed by atoms with Crippen molar-refractivity contribution in [1.29, 1.82) is 0 Å². The average molecular weight is 249 g/mol. The van der Waals surface area contributed by atoms with Crippen LogP contribution in [0.3, 0.4) is 0 Å². The van der Waals surface area contributed by atoms with Gasteiger partial charge in [-0.2, -0.15) is 5.10 Å². The molecule has 2 N–H and O–H groups in total. The van der Waals surface area contributed by atoms with Gasteiger partial charge in [0.15, 0.2) is 0 Å². The summed E-state index contributed by atoms with van der Waals surface area (Å²) in [5, 5.41) is 3.90. The van der Waals surface area contributed by atoms with Gasteiger partial charge in [-0.1, -0.05) is 0 Å². The molecule has 7 nitrogen and oxygen atoms in total. The molecule has 0 saturated carbocycles. The van der Waals surface area contributed by atoms with Gasteiger partial charge in [0.2, 0.25) is 0 Å². The maximum Gasteiger partial charge on any atom is 0.327 e. The highest BCUT2D eigenvalue weighted by Gasteiger charge is 2.05. The van der Waals surface area contributed by atoms with Crippen LogP contribution < -0.4 is 5.73 Å². The summed E-state index contributed by atoms with van der Waals surface area (Å²) in [6, 6.07) is 0. The summed E-state index contributed by atoms with van der Waals surface area (Å²) >= 11 is 0. The van der Waals surface area contributed by atoms with E-state index in [-0.39, 0.29) is 12.5 Å². The smallest absolute Gasteiger partial charge is 0.327 e. The van der Waals surface area contributed by atoms with Crippen LogP contribution in [0.5, 0.6) is 0 Å². The van der Waals surface area contributed by atoms with E-state index in [1.807, 2.05) is 17.7 Å². The van der Waals surface area contributed by atoms with Crippen LogP contribution >= 0.6 is 0 Å². The van der Waals surface area contributed by atoms with Crippen LogP contribution in [0.2, 0.25) is 0 Å². The highest BCUT2D eigenvalue weighted by Crippen LogP contribution is 1.99. The zero-order valence-electron chi connectivity index (χ0n) is 10.1. The van der Waals surface area contributed by atoms with Crippen LogP contribution in [-0.4, -0.2) is 31.9 Å². The summed E-state index contributed by atoms with van der Waals surface area (Å²) in [4.78, 5) is 15.6. The number of carbonyl (C=O) groups is 1. The number of ether oxygens (including phenoxy) is 1. The van der Waals surface area contributed by atoms with Gasteiger partial charge in [0.1, 0.15) is 19.0 Å². The Hall–Kier alpha value is -2.31. The van der Waals surface area contributed by atoms with Crippen LogP contribution in [0.15, 0.2) is 24.8 Å². The molecule has 0 fully saturated rings. The summed E-state index contributed by atoms with van der Waals surface area (Å²) in [6.45, 7) is 2.88. The number of carbonyl (C=O) groups excluding carboxylic acids is 1. The van der Waals surface area contributed by atoms with Crippen molar-refractivity contribution in [2.45, 2.75) is 20.0 Å². The van der Waals surface area contributed by atoms with Gasteiger partial charge < -0.3 is 15.0 Å². The SMILES string of the molecule is Cc1nccn1CCOC(=O)Cn1cc(N)cn1. The fraction of sp³-hybridized carbons (Fsp3) is 0.364. The number of imidazole rings is 1. The van der Waals surface area contributed by atoms with Gasteiger partial charge in [-0.25, -0.2) is 4.98 Å². The molecular weight excluding hydrogens is 234 g/mol. The van der Waals surface area contributed by atoms with Crippen LogP contribution in [0.4, 0.5) is 5.69 Å². The van der Waals surface area contributed by atoms with Crippen molar-refractivity contribution in [3.05, 3.63) is 30.6 Å². The summed E-state index contributed by atoms with van der Waals surface area (Å²) in [5.74, 6) is 0.557. The second-order valence-corrected chi connectivity index (χ2v) is 3.86. The fourth-order valence-corrected chi connectivity index (χ4v) is 1.54. The molecule has 18 heavy (non-hydrogen) atoms. The topological polar surface area (TPSA) is 88.0 Å². The zero-order chi connectivity index (χ0) is 13.0. The van der Waals surface area contributed by atoms with Gasteiger partial charge in [-0.15, -0.1) is 0 Å². The molecule has 0 aliphatic heterocycles. The predicted octanol–water partition coefficient (Wildman–Crippen LogP) is 0.214. The molecule has 2 rings (SSSR count). The molecule has 2 aromatic rings. The maximum atomic E-state index is 11.5. The van der Waals surface area contributed by atoms with Gasteiger partial charge in [0.25, 0.3) is 0 Å². The van der Waals surface area contributed by atoms with E-state index in [4.69, 9.17) is 10.5 Å². The summed E-state index contributed by atoms with van der Waals surface area (Å²) in [7, 11) is 0. The second-order valence-electron chi connectivity index (χ2n) is 3.86. The standard InChI is InChI=1S/C11H15N5O2/c1-9-13-2-3-15(9)4-5-18-11(17)8-16-7-10(12)6-14-16/h2-3,6-7H,4-5,8,12H2,1H3. The molecule has 7 heteroatoms. The Bertz CT molecular complexity index is 531. The van der Waals surface area contributed by atoms with Gasteiger partial charge in [-0.05, 0) is 6.92 Å². The lowest BCUT2D eigenvalue weighted by Crippen LogP contribution is -2.17. The van der Waals surface area contributed by atoms with Crippen molar-refractivity contribution in [1.82, 2.24) is 19.3 Å². The predicted molar refractivity (Wildman–Crippen MR) is 64.6 cm³/mol. The molecule has 0 unspecified atom stereocenters. The number of aromatic nitrogens is 4. The first-order valence-electron chi connectivity index (χ1n) is 5.56. The largest absolute Gasteiger partial charge is 0.462 e. The first-order chi connectivity index (χ1) is 8.65. The Morgan fingerprint density at radius 1 is 1.56 bits per heavy atom. The molecule has 0 saturated heterocycles. The fourth-order valence-electron chi connectivity index (χ4n) is 1.54. The Balaban J connectivity index is 1.74. The van der Waals surface area contributed by atoms with Crippen molar-refractivity contribution in [2.75, 3.05) is 12.3 Å². The minimum absolute atomic E-state index is 0.0696. The van der Waals surface area contributed by atoms with Crippen LogP contribution in [0, 0.1) is 6.92 Å². The number of nitrogen functional groups attached to an aromatic ring is 1. The average Bonchev–Trinajstić information content (AvgIpc) is 2.89. The molecule has 0 radical (unpaired) electrons. The third kappa shape index (κ3) is 3.09. The number of aryl methyl sites for hydroxylation is 1. The summed E-state index contributed by atoms with van der Waals surface area (Å²) < 4.78 is 8.45. The molecule has 0 bridgehead atoms. The molecule has 96 valence electrons. The zero-order valence-corrected chi connectivity index (χ0v) is 10.1. The third-order valence-electron chi connectivity index (χ3n) is 2.46. The number of rotatable bonds is 5. The quantitative estimate of drug-likeness (QED) is 0.765. The van der Waals surface area contributed by atoms with E-state index < -0.39 is 0 Å². The molecule has 0 aliphatic carbocycles. The second kappa shape index (κ2) is 5.35. The van der Waals surface area contributed by atoms with E-state index in [1.54, 1.807) is 12.4 Å². The van der Waals surface area contributed by atoms with Gasteiger partial charge in [0, 0.05) is 18.6 Å². The lowest BCUT2D eigenvalue weighted by atomic mass is 10.6. The van der Waals surface area contributed by atoms with Crippen LogP contribution in [-0.2, 0) is 22.6 Å². The van der Waals surface area contributed by atoms with Crippen molar-refractivity contribution in [3.63, 3.8) is 0 Å². The molecule has 2 heterocycles. The molecular formula is C11H15N5O2. The van der Waals surface area contributed by atoms with Gasteiger partial charge in [0.05, 0.1) is 18.4 Å². The Kier molecular flexibility index (Phi) is 3.61. The molecule has 0 spiro atoms. The van der Waals surface area contributed by atoms with Crippen LogP contribution in [0.25, 0.3) is 0 Å². The van der Waals surface area contributed by atoms with E-state index in [1.165, 1.54) is 10.9 Å². The highest BCUT2D eigenvalue weighted by molar-refractivity contribution is 5.69. The molecule has 0 aliphatic rings. The maximum absolute atomic E-state index is 11.5. The van der Waals surface area contributed by atoms with Crippen molar-refractivity contribution < 1.29 is 9.53 Å². The normalized spacial score (nSPS) is 10.5. The number of esters is 1. The minimum Gasteiger partial charge on any atom is -0.462 e. The Morgan fingerprint density at radius 3 is 3.00 bits per heavy atom. The number of anilines is 1. The van der Waals surface area contributed by atoms with E-state index in [0.717, 1.165) is 5.82 Å². The number of hydrogen-bond acceptors (Lipinski definition) is 5. The number of nitrogens with zero attached hydrogens (tertiary/aromatic N) is 4. The Morgan fingerprint density at radius 2 is 2.39 bits per heavy atom. The molecule has 0 amide bonds. The third-order valence-corrected chi connectivity index (χ3v) is 2.46. The molecule has 2 aromatic heterocycles. The van der Waals surface area contributed by atoms with Crippen LogP contribution in [0.1, 0.15) is 5.82 Å². The lowest BCUT2D eigenvalue weighted by molar-refractivity contribution is -0.144. The minimum atomic E-state index is -0.337. The summed E-state index contributed by atoms with van der Waals surface area (Å²) in [6.07, 6.45) is 6.63. The molecule has 0 atom stereocenters. The first-order valence-corrected chi connectivity index (χ1v) is 5.56. The van der Waals surface area contributed by atoms with E-state index in [9.17, 15) is 4.79 Å². The molecule has 0 aromatic carbocycles. The highest BCUT2D eigenvalue weighted by atomic mass is 16.5. The van der Waals surface area contributed by atoms with Crippen molar-refractivity contribution in [3.8, 4) is 0 Å². The van der Waals surface area contributed by atoms with E-state index in [0.29, 0.717) is 18.8 Å². The lowest BCUT2D eigenvalue weighted by Gasteiger charge is -2.06. The number of hydrogen-bond donors (Lipinski definition) is 1. The van der Waals surface area contributed by atoms with Crippen molar-refractivity contribution in [2.24, 2.45) is 0 Å². The summed E-state index contributed by atoms with van der Waals surface area (Å²) in [5.41, 5.74) is 6.01. The van der Waals surface area contributed by atoms with Crippen molar-refractivity contribution >= 4 is 11.7 Å². The number of nitrogens with two attached hydrogens (primary N) is 1. The van der Waals surface area contributed by atoms with Gasteiger partial charge in [-0.3, -0.25) is 9.48 Å². The monoisotopic (exact) mass is 249 g/mol.